The summed E-state index contributed by atoms with van der Waals surface area (Å²) in [5, 5.41) is 24.9. The van der Waals surface area contributed by atoms with E-state index in [9.17, 15) is 23.3 Å². The summed E-state index contributed by atoms with van der Waals surface area (Å²) in [5.74, 6) is -1.14. The van der Waals surface area contributed by atoms with Gasteiger partial charge in [0.05, 0.1) is 21.5 Å². The molecule has 11 heteroatoms. The third kappa shape index (κ3) is 6.99. The van der Waals surface area contributed by atoms with Crippen LogP contribution < -0.4 is 10.0 Å². The van der Waals surface area contributed by atoms with Gasteiger partial charge < -0.3 is 15.4 Å². The molecule has 1 heterocycles. The summed E-state index contributed by atoms with van der Waals surface area (Å²) < 4.78 is 29.2. The summed E-state index contributed by atoms with van der Waals surface area (Å²) in [5.41, 5.74) is 2.11. The van der Waals surface area contributed by atoms with Crippen LogP contribution in [0.15, 0.2) is 64.9 Å². The molecule has 1 saturated carbocycles. The largest absolute Gasteiger partial charge is 0.475 e. The standard InChI is InChI=1S/C24H28BN3O5S2/c1-16-26-22(15-34-16)19-8-5-9-20(14-19)35(32,33)28-21(12-17-6-3-2-4-7-17)24(29)27-23(25(30)31)13-18-10-11-18/h2-9,14-15,18,21,23,28,30-31H,10-13H2,1H3,(H,27,29)/t21-,23-/m0/s1. The Morgan fingerprint density at radius 1 is 1.17 bits per heavy atom. The first-order chi connectivity index (χ1) is 16.7. The lowest BCUT2D eigenvalue weighted by Gasteiger charge is -2.23. The van der Waals surface area contributed by atoms with Crippen LogP contribution in [0.5, 0.6) is 0 Å². The van der Waals surface area contributed by atoms with Gasteiger partial charge in [0, 0.05) is 10.9 Å². The zero-order valence-electron chi connectivity index (χ0n) is 19.3. The molecule has 0 saturated heterocycles. The molecule has 3 aromatic rings. The van der Waals surface area contributed by atoms with E-state index in [1.807, 2.05) is 42.6 Å². The number of benzene rings is 2. The smallest absolute Gasteiger partial charge is 0.426 e. The topological polar surface area (TPSA) is 129 Å². The summed E-state index contributed by atoms with van der Waals surface area (Å²) in [4.78, 5) is 17.6. The van der Waals surface area contributed by atoms with Gasteiger partial charge in [0.15, 0.2) is 0 Å². The summed E-state index contributed by atoms with van der Waals surface area (Å²) in [6, 6.07) is 14.3. The van der Waals surface area contributed by atoms with Gasteiger partial charge in [-0.25, -0.2) is 13.4 Å². The molecule has 2 aromatic carbocycles. The predicted molar refractivity (Wildman–Crippen MR) is 136 cm³/mol. The van der Waals surface area contributed by atoms with E-state index in [-0.39, 0.29) is 11.3 Å². The number of aromatic nitrogens is 1. The van der Waals surface area contributed by atoms with Gasteiger partial charge in [-0.05, 0) is 43.4 Å². The minimum atomic E-state index is -4.08. The summed E-state index contributed by atoms with van der Waals surface area (Å²) in [7, 11) is -5.81. The number of hydrogen-bond acceptors (Lipinski definition) is 7. The molecule has 0 radical (unpaired) electrons. The highest BCUT2D eigenvalue weighted by atomic mass is 32.2. The van der Waals surface area contributed by atoms with Gasteiger partial charge in [-0.2, -0.15) is 4.72 Å². The Labute approximate surface area is 209 Å². The van der Waals surface area contributed by atoms with E-state index in [0.717, 1.165) is 23.4 Å². The van der Waals surface area contributed by atoms with Gasteiger partial charge in [0.2, 0.25) is 15.9 Å². The van der Waals surface area contributed by atoms with Crippen LogP contribution in [-0.4, -0.2) is 48.5 Å². The fraction of sp³-hybridized carbons (Fsp3) is 0.333. The van der Waals surface area contributed by atoms with E-state index >= 15 is 0 Å². The third-order valence-corrected chi connectivity index (χ3v) is 8.17. The molecule has 1 aromatic heterocycles. The molecule has 8 nitrogen and oxygen atoms in total. The second-order valence-electron chi connectivity index (χ2n) is 8.85. The van der Waals surface area contributed by atoms with Gasteiger partial charge in [0.1, 0.15) is 6.04 Å². The molecule has 0 aliphatic heterocycles. The molecule has 2 atom stereocenters. The molecule has 1 amide bonds. The van der Waals surface area contributed by atoms with E-state index < -0.39 is 35.0 Å². The van der Waals surface area contributed by atoms with Gasteiger partial charge in [0.25, 0.3) is 0 Å². The molecular formula is C24H28BN3O5S2. The van der Waals surface area contributed by atoms with E-state index in [1.54, 1.807) is 12.1 Å². The number of nitrogens with one attached hydrogen (secondary N) is 2. The Morgan fingerprint density at radius 3 is 2.54 bits per heavy atom. The van der Waals surface area contributed by atoms with Crippen molar-refractivity contribution in [3.05, 3.63) is 70.5 Å². The first-order valence-corrected chi connectivity index (χ1v) is 13.8. The van der Waals surface area contributed by atoms with Crippen LogP contribution >= 0.6 is 11.3 Å². The van der Waals surface area contributed by atoms with Crippen LogP contribution in [0.1, 0.15) is 29.8 Å². The highest BCUT2D eigenvalue weighted by Gasteiger charge is 2.35. The Balaban J connectivity index is 1.57. The van der Waals surface area contributed by atoms with E-state index in [2.05, 4.69) is 15.0 Å². The SMILES string of the molecule is Cc1nc(-c2cccc(S(=O)(=O)N[C@@H](Cc3ccccc3)C(=O)N[C@@H](CC3CC3)B(O)O)c2)cs1. The number of sulfonamides is 1. The molecule has 1 aliphatic carbocycles. The molecular weight excluding hydrogens is 485 g/mol. The average Bonchev–Trinajstić information content (AvgIpc) is 3.55. The van der Waals surface area contributed by atoms with E-state index in [0.29, 0.717) is 23.6 Å². The Kier molecular flexibility index (Phi) is 8.03. The molecule has 0 bridgehead atoms. The van der Waals surface area contributed by atoms with Gasteiger partial charge in [-0.3, -0.25) is 4.79 Å². The van der Waals surface area contributed by atoms with Crippen molar-refractivity contribution in [1.82, 2.24) is 15.0 Å². The van der Waals surface area contributed by atoms with Crippen LogP contribution in [0, 0.1) is 12.8 Å². The monoisotopic (exact) mass is 513 g/mol. The van der Waals surface area contributed by atoms with Crippen molar-refractivity contribution in [3.63, 3.8) is 0 Å². The summed E-state index contributed by atoms with van der Waals surface area (Å²) in [6.45, 7) is 1.88. The molecule has 35 heavy (non-hydrogen) atoms. The van der Waals surface area contributed by atoms with Crippen molar-refractivity contribution >= 4 is 34.4 Å². The number of aryl methyl sites for hydroxylation is 1. The van der Waals surface area contributed by atoms with Gasteiger partial charge in [-0.1, -0.05) is 55.3 Å². The van der Waals surface area contributed by atoms with E-state index in [1.165, 1.54) is 23.5 Å². The van der Waals surface area contributed by atoms with Crippen LogP contribution in [0.2, 0.25) is 0 Å². The first kappa shape index (κ1) is 25.5. The van der Waals surface area contributed by atoms with Crippen molar-refractivity contribution in [1.29, 1.82) is 0 Å². The fourth-order valence-corrected chi connectivity index (χ4v) is 5.73. The van der Waals surface area contributed by atoms with Crippen LogP contribution in [0.4, 0.5) is 0 Å². The molecule has 1 fully saturated rings. The number of carbonyl (C=O) groups excluding carboxylic acids is 1. The summed E-state index contributed by atoms with van der Waals surface area (Å²) >= 11 is 1.47. The molecule has 4 rings (SSSR count). The van der Waals surface area contributed by atoms with Crippen molar-refractivity contribution in [3.8, 4) is 11.3 Å². The van der Waals surface area contributed by atoms with E-state index in [4.69, 9.17) is 0 Å². The highest BCUT2D eigenvalue weighted by Crippen LogP contribution is 2.33. The van der Waals surface area contributed by atoms with Crippen molar-refractivity contribution in [2.24, 2.45) is 5.92 Å². The van der Waals surface area contributed by atoms with Crippen LogP contribution in [0.3, 0.4) is 0 Å². The van der Waals surface area contributed by atoms with Crippen molar-refractivity contribution < 1.29 is 23.3 Å². The van der Waals surface area contributed by atoms with Crippen molar-refractivity contribution in [2.75, 3.05) is 0 Å². The van der Waals surface area contributed by atoms with Crippen LogP contribution in [0.25, 0.3) is 11.3 Å². The fourth-order valence-electron chi connectivity index (χ4n) is 3.86. The number of amides is 1. The normalized spacial score (nSPS) is 15.4. The zero-order chi connectivity index (χ0) is 25.0. The minimum absolute atomic E-state index is 0.0169. The quantitative estimate of drug-likeness (QED) is 0.292. The second-order valence-corrected chi connectivity index (χ2v) is 11.6. The number of rotatable bonds is 11. The maximum atomic E-state index is 13.3. The Hall–Kier alpha value is -2.57. The Morgan fingerprint density at radius 2 is 1.91 bits per heavy atom. The number of hydrogen-bond donors (Lipinski definition) is 4. The highest BCUT2D eigenvalue weighted by molar-refractivity contribution is 7.89. The lowest BCUT2D eigenvalue weighted by Crippen LogP contribution is -2.54. The molecule has 0 unspecified atom stereocenters. The minimum Gasteiger partial charge on any atom is -0.426 e. The van der Waals surface area contributed by atoms with Crippen molar-refractivity contribution in [2.45, 2.75) is 49.5 Å². The molecule has 1 aliphatic rings. The average molecular weight is 513 g/mol. The molecule has 0 spiro atoms. The van der Waals surface area contributed by atoms with Gasteiger partial charge >= 0.3 is 7.12 Å². The Bertz CT molecular complexity index is 1260. The maximum Gasteiger partial charge on any atom is 0.475 e. The first-order valence-electron chi connectivity index (χ1n) is 11.5. The predicted octanol–water partition coefficient (Wildman–Crippen LogP) is 2.31. The second kappa shape index (κ2) is 11.0. The number of carbonyl (C=O) groups is 1. The lowest BCUT2D eigenvalue weighted by atomic mass is 9.76. The number of thiazole rings is 1. The van der Waals surface area contributed by atoms with Crippen LogP contribution in [-0.2, 0) is 21.2 Å². The third-order valence-electron chi connectivity index (χ3n) is 5.93. The number of nitrogens with zero attached hydrogens (tertiary/aromatic N) is 1. The maximum absolute atomic E-state index is 13.3. The zero-order valence-corrected chi connectivity index (χ0v) is 20.9. The lowest BCUT2D eigenvalue weighted by molar-refractivity contribution is -0.123. The summed E-state index contributed by atoms with van der Waals surface area (Å²) in [6.07, 6.45) is 2.50. The van der Waals surface area contributed by atoms with Gasteiger partial charge in [-0.15, -0.1) is 11.3 Å². The molecule has 4 N–H and O–H groups in total. The molecule has 184 valence electrons.